The molecule has 2 aliphatic rings. The third-order valence-electron chi connectivity index (χ3n) is 4.22. The van der Waals surface area contributed by atoms with Gasteiger partial charge in [-0.1, -0.05) is 19.3 Å². The largest absolute Gasteiger partial charge is 0.343 e. The summed E-state index contributed by atoms with van der Waals surface area (Å²) in [4.78, 5) is 13.7. The highest BCUT2D eigenvalue weighted by atomic mass is 16.2. The molecule has 0 N–H and O–H groups in total. The predicted octanol–water partition coefficient (Wildman–Crippen LogP) is 2.58. The summed E-state index contributed by atoms with van der Waals surface area (Å²) < 4.78 is 0. The summed E-state index contributed by atoms with van der Waals surface area (Å²) in [6.45, 7) is 2.19. The summed E-state index contributed by atoms with van der Waals surface area (Å²) in [5.74, 6) is 0.366. The number of carbonyl (C=O) groups excluding carboxylic acids is 1. The molecule has 2 nitrogen and oxygen atoms in total. The summed E-state index contributed by atoms with van der Waals surface area (Å²) in [6, 6.07) is 0.453. The molecule has 0 aromatic heterocycles. The Balaban J connectivity index is 2.10. The fourth-order valence-corrected chi connectivity index (χ4v) is 3.21. The zero-order valence-corrected chi connectivity index (χ0v) is 9.38. The van der Waals surface area contributed by atoms with E-state index in [4.69, 9.17) is 0 Å². The molecule has 1 heterocycles. The lowest BCUT2D eigenvalue weighted by atomic mass is 9.66. The number of likely N-dealkylation sites (tertiary alicyclic amines) is 1. The second kappa shape index (κ2) is 3.56. The normalized spacial score (nSPS) is 32.3. The molecular weight excluding hydrogens is 174 g/mol. The highest BCUT2D eigenvalue weighted by Gasteiger charge is 2.41. The van der Waals surface area contributed by atoms with Gasteiger partial charge in [0.1, 0.15) is 0 Å². The first-order chi connectivity index (χ1) is 6.63. The van der Waals surface area contributed by atoms with Crippen LogP contribution in [0.4, 0.5) is 0 Å². The summed E-state index contributed by atoms with van der Waals surface area (Å²) in [5, 5.41) is 0. The third-order valence-corrected chi connectivity index (χ3v) is 4.22. The highest BCUT2D eigenvalue weighted by molar-refractivity contribution is 5.78. The Morgan fingerprint density at radius 3 is 2.50 bits per heavy atom. The number of hydrogen-bond acceptors (Lipinski definition) is 1. The van der Waals surface area contributed by atoms with Crippen molar-refractivity contribution >= 4 is 5.91 Å². The Morgan fingerprint density at radius 1 is 1.29 bits per heavy atom. The molecule has 1 amide bonds. The average Bonchev–Trinajstić information content (AvgIpc) is 2.15. The van der Waals surface area contributed by atoms with Crippen LogP contribution in [0.3, 0.4) is 0 Å². The minimum Gasteiger partial charge on any atom is -0.343 e. The zero-order chi connectivity index (χ0) is 10.2. The number of piperidine rings is 1. The minimum absolute atomic E-state index is 0.366. The van der Waals surface area contributed by atoms with Gasteiger partial charge in [-0.15, -0.1) is 0 Å². The number of amides is 1. The lowest BCUT2D eigenvalue weighted by molar-refractivity contribution is -0.141. The van der Waals surface area contributed by atoms with Gasteiger partial charge in [-0.3, -0.25) is 4.79 Å². The van der Waals surface area contributed by atoms with Crippen LogP contribution in [0.1, 0.15) is 51.9 Å². The van der Waals surface area contributed by atoms with E-state index in [2.05, 4.69) is 6.92 Å². The number of carbonyl (C=O) groups is 1. The Bertz CT molecular complexity index is 230. The maximum absolute atomic E-state index is 11.8. The van der Waals surface area contributed by atoms with Gasteiger partial charge in [0.25, 0.3) is 0 Å². The standard InChI is InChI=1S/C12H21NO/c1-10-8-12(6-4-3-5-7-12)9-11(14)13(10)2/h10H,3-9H2,1-2H3. The first-order valence-electron chi connectivity index (χ1n) is 5.89. The lowest BCUT2D eigenvalue weighted by Crippen LogP contribution is -2.47. The van der Waals surface area contributed by atoms with Gasteiger partial charge in [-0.05, 0) is 31.6 Å². The van der Waals surface area contributed by atoms with Crippen LogP contribution in [0.5, 0.6) is 0 Å². The van der Waals surface area contributed by atoms with Crippen LogP contribution in [-0.2, 0) is 4.79 Å². The summed E-state index contributed by atoms with van der Waals surface area (Å²) in [5.41, 5.74) is 0.390. The molecule has 2 fully saturated rings. The van der Waals surface area contributed by atoms with Crippen molar-refractivity contribution in [1.29, 1.82) is 0 Å². The van der Waals surface area contributed by atoms with Crippen LogP contribution < -0.4 is 0 Å². The van der Waals surface area contributed by atoms with Crippen molar-refractivity contribution in [3.63, 3.8) is 0 Å². The second-order valence-corrected chi connectivity index (χ2v) is 5.30. The van der Waals surface area contributed by atoms with Gasteiger partial charge >= 0.3 is 0 Å². The van der Waals surface area contributed by atoms with Crippen LogP contribution in [0.25, 0.3) is 0 Å². The lowest BCUT2D eigenvalue weighted by Gasteiger charge is -2.46. The van der Waals surface area contributed by atoms with Crippen molar-refractivity contribution < 1.29 is 4.79 Å². The van der Waals surface area contributed by atoms with Gasteiger partial charge in [0, 0.05) is 19.5 Å². The summed E-state index contributed by atoms with van der Waals surface area (Å²) in [6.07, 6.45) is 8.67. The molecule has 0 aromatic carbocycles. The number of nitrogens with zero attached hydrogens (tertiary/aromatic N) is 1. The van der Waals surface area contributed by atoms with E-state index in [0.29, 0.717) is 17.4 Å². The molecule has 1 unspecified atom stereocenters. The van der Waals surface area contributed by atoms with Crippen molar-refractivity contribution in [2.24, 2.45) is 5.41 Å². The topological polar surface area (TPSA) is 20.3 Å². The predicted molar refractivity (Wildman–Crippen MR) is 57.0 cm³/mol. The average molecular weight is 195 g/mol. The Kier molecular flexibility index (Phi) is 2.54. The van der Waals surface area contributed by atoms with E-state index < -0.39 is 0 Å². The monoisotopic (exact) mass is 195 g/mol. The molecule has 0 radical (unpaired) electrons. The van der Waals surface area contributed by atoms with Gasteiger partial charge in [0.15, 0.2) is 0 Å². The molecule has 1 aliphatic carbocycles. The van der Waals surface area contributed by atoms with Gasteiger partial charge in [0.05, 0.1) is 0 Å². The quantitative estimate of drug-likeness (QED) is 0.582. The van der Waals surface area contributed by atoms with E-state index in [0.717, 1.165) is 6.42 Å². The minimum atomic E-state index is 0.366. The molecule has 1 saturated carbocycles. The van der Waals surface area contributed by atoms with Crippen LogP contribution in [0.2, 0.25) is 0 Å². The first-order valence-corrected chi connectivity index (χ1v) is 5.89. The van der Waals surface area contributed by atoms with Gasteiger partial charge < -0.3 is 4.90 Å². The Labute approximate surface area is 86.7 Å². The van der Waals surface area contributed by atoms with Gasteiger partial charge in [0.2, 0.25) is 5.91 Å². The number of hydrogen-bond donors (Lipinski definition) is 0. The van der Waals surface area contributed by atoms with Crippen LogP contribution in [0, 0.1) is 5.41 Å². The SMILES string of the molecule is CC1CC2(CCCCC2)CC(=O)N1C. The summed E-state index contributed by atoms with van der Waals surface area (Å²) >= 11 is 0. The second-order valence-electron chi connectivity index (χ2n) is 5.30. The van der Waals surface area contributed by atoms with E-state index in [1.54, 1.807) is 0 Å². The first kappa shape index (κ1) is 10.0. The zero-order valence-electron chi connectivity index (χ0n) is 9.38. The summed E-state index contributed by atoms with van der Waals surface area (Å²) in [7, 11) is 1.95. The van der Waals surface area contributed by atoms with Crippen LogP contribution in [-0.4, -0.2) is 23.9 Å². The highest BCUT2D eigenvalue weighted by Crippen LogP contribution is 2.46. The van der Waals surface area contributed by atoms with Crippen molar-refractivity contribution in [3.05, 3.63) is 0 Å². The van der Waals surface area contributed by atoms with E-state index in [9.17, 15) is 4.79 Å². The fourth-order valence-electron chi connectivity index (χ4n) is 3.21. The molecule has 2 rings (SSSR count). The van der Waals surface area contributed by atoms with Crippen molar-refractivity contribution in [3.8, 4) is 0 Å². The maximum Gasteiger partial charge on any atom is 0.223 e. The van der Waals surface area contributed by atoms with Gasteiger partial charge in [-0.25, -0.2) is 0 Å². The van der Waals surface area contributed by atoms with Crippen LogP contribution >= 0.6 is 0 Å². The fraction of sp³-hybridized carbons (Fsp3) is 0.917. The molecule has 1 spiro atoms. The molecule has 80 valence electrons. The van der Waals surface area contributed by atoms with Gasteiger partial charge in [-0.2, -0.15) is 0 Å². The molecule has 1 saturated heterocycles. The van der Waals surface area contributed by atoms with E-state index in [1.165, 1.54) is 38.5 Å². The maximum atomic E-state index is 11.8. The molecule has 0 aromatic rings. The molecule has 1 aliphatic heterocycles. The van der Waals surface area contributed by atoms with Crippen LogP contribution in [0.15, 0.2) is 0 Å². The van der Waals surface area contributed by atoms with Crippen molar-refractivity contribution in [2.75, 3.05) is 7.05 Å². The van der Waals surface area contributed by atoms with Crippen molar-refractivity contribution in [1.82, 2.24) is 4.90 Å². The van der Waals surface area contributed by atoms with E-state index in [-0.39, 0.29) is 0 Å². The molecular formula is C12H21NO. The molecule has 14 heavy (non-hydrogen) atoms. The molecule has 2 heteroatoms. The Hall–Kier alpha value is -0.530. The molecule has 0 bridgehead atoms. The van der Waals surface area contributed by atoms with E-state index in [1.807, 2.05) is 11.9 Å². The Morgan fingerprint density at radius 2 is 1.93 bits per heavy atom. The molecule has 1 atom stereocenters. The van der Waals surface area contributed by atoms with Crippen molar-refractivity contribution in [2.45, 2.75) is 57.9 Å². The smallest absolute Gasteiger partial charge is 0.223 e. The third kappa shape index (κ3) is 1.67. The number of rotatable bonds is 0. The van der Waals surface area contributed by atoms with E-state index >= 15 is 0 Å².